The number of carbonyl (C=O) groups is 1. The molecule has 2 heterocycles. The van der Waals surface area contributed by atoms with Crippen LogP contribution >= 0.6 is 0 Å². The van der Waals surface area contributed by atoms with E-state index in [2.05, 4.69) is 10.9 Å². The van der Waals surface area contributed by atoms with E-state index in [1.54, 1.807) is 11.1 Å². The van der Waals surface area contributed by atoms with Crippen LogP contribution in [0.4, 0.5) is 5.69 Å². The highest BCUT2D eigenvalue weighted by Gasteiger charge is 2.24. The van der Waals surface area contributed by atoms with Gasteiger partial charge in [-0.25, -0.2) is 4.98 Å². The van der Waals surface area contributed by atoms with Crippen molar-refractivity contribution in [2.24, 2.45) is 0 Å². The number of nitrogens with zero attached hydrogens (tertiary/aromatic N) is 2. The van der Waals surface area contributed by atoms with Crippen molar-refractivity contribution in [3.8, 4) is 18.2 Å². The highest BCUT2D eigenvalue weighted by atomic mass is 16.5. The highest BCUT2D eigenvalue weighted by Crippen LogP contribution is 2.30. The van der Waals surface area contributed by atoms with Crippen LogP contribution in [0.15, 0.2) is 12.3 Å². The summed E-state index contributed by atoms with van der Waals surface area (Å²) < 4.78 is 5.47. The Kier molecular flexibility index (Phi) is 4.40. The second kappa shape index (κ2) is 6.24. The van der Waals surface area contributed by atoms with Crippen molar-refractivity contribution in [3.05, 3.63) is 17.8 Å². The Morgan fingerprint density at radius 3 is 3.21 bits per heavy atom. The number of ether oxygens (including phenoxy) is 1. The van der Waals surface area contributed by atoms with Gasteiger partial charge in [0, 0.05) is 19.0 Å². The fourth-order valence-electron chi connectivity index (χ4n) is 2.10. The van der Waals surface area contributed by atoms with E-state index in [9.17, 15) is 4.79 Å². The molecule has 2 rings (SSSR count). The van der Waals surface area contributed by atoms with Crippen LogP contribution in [-0.2, 0) is 4.79 Å². The zero-order chi connectivity index (χ0) is 13.7. The third kappa shape index (κ3) is 3.25. The van der Waals surface area contributed by atoms with Crippen LogP contribution in [0.25, 0.3) is 0 Å². The maximum Gasteiger partial charge on any atom is 0.238 e. The standard InChI is InChI=1S/C15H18N2O2/c1-3-4-5-6-7-14(18)17-8-9-19-15-13(17)10-12(2)11-16-15/h1,10-11H,4-9H2,2H3. The smallest absolute Gasteiger partial charge is 0.238 e. The molecule has 0 unspecified atom stereocenters. The number of pyridine rings is 1. The monoisotopic (exact) mass is 258 g/mol. The first-order valence-corrected chi connectivity index (χ1v) is 6.55. The van der Waals surface area contributed by atoms with Crippen LogP contribution in [0, 0.1) is 19.3 Å². The fourth-order valence-corrected chi connectivity index (χ4v) is 2.10. The molecule has 4 heteroatoms. The summed E-state index contributed by atoms with van der Waals surface area (Å²) in [6, 6.07) is 1.95. The van der Waals surface area contributed by atoms with Crippen molar-refractivity contribution in [3.63, 3.8) is 0 Å². The van der Waals surface area contributed by atoms with Crippen LogP contribution in [0.3, 0.4) is 0 Å². The van der Waals surface area contributed by atoms with Gasteiger partial charge >= 0.3 is 0 Å². The summed E-state index contributed by atoms with van der Waals surface area (Å²) in [5.41, 5.74) is 1.81. The van der Waals surface area contributed by atoms with Crippen LogP contribution in [-0.4, -0.2) is 24.0 Å². The molecular formula is C15H18N2O2. The molecule has 0 radical (unpaired) electrons. The van der Waals surface area contributed by atoms with Gasteiger partial charge in [0.25, 0.3) is 0 Å². The lowest BCUT2D eigenvalue weighted by molar-refractivity contribution is -0.119. The summed E-state index contributed by atoms with van der Waals surface area (Å²) in [5.74, 6) is 3.26. The molecule has 0 saturated carbocycles. The van der Waals surface area contributed by atoms with E-state index in [0.29, 0.717) is 25.5 Å². The second-order valence-corrected chi connectivity index (χ2v) is 4.64. The molecule has 1 aromatic heterocycles. The molecule has 0 saturated heterocycles. The Bertz CT molecular complexity index is 505. The summed E-state index contributed by atoms with van der Waals surface area (Å²) >= 11 is 0. The SMILES string of the molecule is C#CCCCCC(=O)N1CCOc2ncc(C)cc21. The topological polar surface area (TPSA) is 42.4 Å². The predicted octanol–water partition coefficient (Wildman–Crippen LogP) is 2.31. The van der Waals surface area contributed by atoms with E-state index < -0.39 is 0 Å². The number of fused-ring (bicyclic) bond motifs is 1. The van der Waals surface area contributed by atoms with Crippen LogP contribution in [0.5, 0.6) is 5.88 Å². The molecule has 4 nitrogen and oxygen atoms in total. The molecule has 1 aromatic rings. The maximum atomic E-state index is 12.2. The van der Waals surface area contributed by atoms with Gasteiger partial charge in [-0.15, -0.1) is 12.3 Å². The first kappa shape index (κ1) is 13.4. The summed E-state index contributed by atoms with van der Waals surface area (Å²) in [6.07, 6.45) is 9.92. The summed E-state index contributed by atoms with van der Waals surface area (Å²) in [5, 5.41) is 0. The minimum atomic E-state index is 0.119. The van der Waals surface area contributed by atoms with Gasteiger partial charge in [0.15, 0.2) is 0 Å². The molecule has 0 fully saturated rings. The zero-order valence-electron chi connectivity index (χ0n) is 11.2. The number of carbonyl (C=O) groups excluding carboxylic acids is 1. The van der Waals surface area contributed by atoms with Gasteiger partial charge in [-0.3, -0.25) is 4.79 Å². The van der Waals surface area contributed by atoms with Crippen molar-refractivity contribution in [2.45, 2.75) is 32.6 Å². The average molecular weight is 258 g/mol. The van der Waals surface area contributed by atoms with Gasteiger partial charge in [0.05, 0.1) is 6.54 Å². The number of hydrogen-bond acceptors (Lipinski definition) is 3. The van der Waals surface area contributed by atoms with Crippen LogP contribution in [0.2, 0.25) is 0 Å². The van der Waals surface area contributed by atoms with Crippen molar-refractivity contribution in [1.82, 2.24) is 4.98 Å². The Balaban J connectivity index is 2.04. The van der Waals surface area contributed by atoms with Gasteiger partial charge < -0.3 is 9.64 Å². The molecule has 100 valence electrons. The van der Waals surface area contributed by atoms with Crippen LogP contribution in [0.1, 0.15) is 31.2 Å². The second-order valence-electron chi connectivity index (χ2n) is 4.64. The van der Waals surface area contributed by atoms with Gasteiger partial charge in [-0.1, -0.05) is 0 Å². The lowest BCUT2D eigenvalue weighted by atomic mass is 10.1. The van der Waals surface area contributed by atoms with E-state index in [-0.39, 0.29) is 5.91 Å². The normalized spacial score (nSPS) is 13.4. The number of rotatable bonds is 4. The number of aryl methyl sites for hydroxylation is 1. The van der Waals surface area contributed by atoms with E-state index in [1.807, 2.05) is 13.0 Å². The first-order chi connectivity index (χ1) is 9.22. The van der Waals surface area contributed by atoms with Crippen molar-refractivity contribution in [1.29, 1.82) is 0 Å². The number of terminal acetylenes is 1. The quantitative estimate of drug-likeness (QED) is 0.615. The molecule has 0 aromatic carbocycles. The molecule has 0 atom stereocenters. The third-order valence-corrected chi connectivity index (χ3v) is 3.08. The lowest BCUT2D eigenvalue weighted by Gasteiger charge is -2.29. The number of aromatic nitrogens is 1. The fraction of sp³-hybridized carbons (Fsp3) is 0.467. The molecule has 0 aliphatic carbocycles. The third-order valence-electron chi connectivity index (χ3n) is 3.08. The van der Waals surface area contributed by atoms with Gasteiger partial charge in [0.1, 0.15) is 12.3 Å². The Morgan fingerprint density at radius 2 is 2.42 bits per heavy atom. The Morgan fingerprint density at radius 1 is 1.58 bits per heavy atom. The maximum absolute atomic E-state index is 12.2. The van der Waals surface area contributed by atoms with E-state index >= 15 is 0 Å². The number of amides is 1. The largest absolute Gasteiger partial charge is 0.474 e. The minimum absolute atomic E-state index is 0.119. The molecule has 19 heavy (non-hydrogen) atoms. The van der Waals surface area contributed by atoms with E-state index in [0.717, 1.165) is 30.5 Å². The first-order valence-electron chi connectivity index (χ1n) is 6.55. The van der Waals surface area contributed by atoms with Gasteiger partial charge in [-0.05, 0) is 31.4 Å². The number of unbranched alkanes of at least 4 members (excludes halogenated alkanes) is 2. The molecule has 1 aliphatic heterocycles. The van der Waals surface area contributed by atoms with Crippen molar-refractivity contribution in [2.75, 3.05) is 18.1 Å². The number of hydrogen-bond donors (Lipinski definition) is 0. The molecular weight excluding hydrogens is 240 g/mol. The van der Waals surface area contributed by atoms with Crippen molar-refractivity contribution >= 4 is 11.6 Å². The Labute approximate surface area is 113 Å². The summed E-state index contributed by atoms with van der Waals surface area (Å²) in [7, 11) is 0. The molecule has 1 amide bonds. The molecule has 1 aliphatic rings. The van der Waals surface area contributed by atoms with Crippen LogP contribution < -0.4 is 9.64 Å². The van der Waals surface area contributed by atoms with Gasteiger partial charge in [0.2, 0.25) is 11.8 Å². The lowest BCUT2D eigenvalue weighted by Crippen LogP contribution is -2.38. The molecule has 0 N–H and O–H groups in total. The zero-order valence-corrected chi connectivity index (χ0v) is 11.2. The summed E-state index contributed by atoms with van der Waals surface area (Å²) in [6.45, 7) is 3.04. The summed E-state index contributed by atoms with van der Waals surface area (Å²) in [4.78, 5) is 18.2. The minimum Gasteiger partial charge on any atom is -0.474 e. The van der Waals surface area contributed by atoms with Gasteiger partial charge in [-0.2, -0.15) is 0 Å². The molecule has 0 spiro atoms. The molecule has 0 bridgehead atoms. The van der Waals surface area contributed by atoms with Crippen molar-refractivity contribution < 1.29 is 9.53 Å². The average Bonchev–Trinajstić information content (AvgIpc) is 2.42. The predicted molar refractivity (Wildman–Crippen MR) is 74.1 cm³/mol. The number of anilines is 1. The highest BCUT2D eigenvalue weighted by molar-refractivity contribution is 5.94. The van der Waals surface area contributed by atoms with E-state index in [1.165, 1.54) is 0 Å². The Hall–Kier alpha value is -2.02. The van der Waals surface area contributed by atoms with E-state index in [4.69, 9.17) is 11.2 Å².